The molecular weight excluding hydrogens is 361 g/mol. The van der Waals surface area contributed by atoms with Crippen molar-refractivity contribution in [1.82, 2.24) is 10.2 Å². The predicted octanol–water partition coefficient (Wildman–Crippen LogP) is 0.256. The van der Waals surface area contributed by atoms with Crippen molar-refractivity contribution in [3.63, 3.8) is 0 Å². The Bertz CT molecular complexity index is 757. The van der Waals surface area contributed by atoms with Gasteiger partial charge in [0, 0.05) is 51.4 Å². The molecule has 0 spiro atoms. The molecule has 2 fully saturated rings. The van der Waals surface area contributed by atoms with Crippen LogP contribution in [0.4, 0.5) is 10.1 Å². The van der Waals surface area contributed by atoms with Gasteiger partial charge in [-0.1, -0.05) is 0 Å². The standard InChI is InChI=1S/C17H24FN3O4S/c1-26(23,24)14-2-3-16(15(18)11-14)20-5-7-21(8-6-20)17(22)10-13-12-25-9-4-19-13/h2-3,11,13,19H,4-10,12H2,1H3/t13-/m0/s1. The van der Waals surface area contributed by atoms with E-state index in [4.69, 9.17) is 4.74 Å². The van der Waals surface area contributed by atoms with Gasteiger partial charge in [-0.15, -0.1) is 0 Å². The highest BCUT2D eigenvalue weighted by molar-refractivity contribution is 7.90. The Labute approximate surface area is 153 Å². The van der Waals surface area contributed by atoms with Crippen molar-refractivity contribution in [2.24, 2.45) is 0 Å². The van der Waals surface area contributed by atoms with Crippen molar-refractivity contribution < 1.29 is 22.3 Å². The second-order valence-electron chi connectivity index (χ2n) is 6.68. The Kier molecular flexibility index (Phi) is 5.79. The molecule has 0 bridgehead atoms. The molecule has 1 aromatic rings. The number of morpholine rings is 1. The lowest BCUT2D eigenvalue weighted by Crippen LogP contribution is -2.51. The minimum atomic E-state index is -3.43. The molecule has 1 atom stereocenters. The Morgan fingerprint density at radius 2 is 2.04 bits per heavy atom. The molecule has 2 aliphatic heterocycles. The number of piperazine rings is 1. The van der Waals surface area contributed by atoms with Crippen LogP contribution in [-0.4, -0.2) is 77.5 Å². The second kappa shape index (κ2) is 7.89. The predicted molar refractivity (Wildman–Crippen MR) is 95.5 cm³/mol. The lowest BCUT2D eigenvalue weighted by atomic mass is 10.1. The van der Waals surface area contributed by atoms with Gasteiger partial charge >= 0.3 is 0 Å². The number of halogens is 1. The molecule has 1 aromatic carbocycles. The fourth-order valence-corrected chi connectivity index (χ4v) is 3.89. The molecular formula is C17H24FN3O4S. The Morgan fingerprint density at radius 3 is 2.62 bits per heavy atom. The van der Waals surface area contributed by atoms with Crippen molar-refractivity contribution in [1.29, 1.82) is 0 Å². The molecule has 2 saturated heterocycles. The van der Waals surface area contributed by atoms with Crippen molar-refractivity contribution in [2.45, 2.75) is 17.4 Å². The van der Waals surface area contributed by atoms with Crippen LogP contribution >= 0.6 is 0 Å². The Morgan fingerprint density at radius 1 is 1.31 bits per heavy atom. The number of nitrogens with zero attached hydrogens (tertiary/aromatic N) is 2. The number of anilines is 1. The smallest absolute Gasteiger partial charge is 0.224 e. The van der Waals surface area contributed by atoms with Gasteiger partial charge in [0.2, 0.25) is 5.91 Å². The Hall–Kier alpha value is -1.71. The number of ether oxygens (including phenoxy) is 1. The molecule has 3 rings (SSSR count). The van der Waals surface area contributed by atoms with E-state index in [0.717, 1.165) is 18.9 Å². The third-order valence-electron chi connectivity index (χ3n) is 4.74. The van der Waals surface area contributed by atoms with Crippen molar-refractivity contribution in [2.75, 3.05) is 57.1 Å². The fourth-order valence-electron chi connectivity index (χ4n) is 3.26. The summed E-state index contributed by atoms with van der Waals surface area (Å²) in [5.41, 5.74) is 0.367. The molecule has 0 unspecified atom stereocenters. The summed E-state index contributed by atoms with van der Waals surface area (Å²) in [4.78, 5) is 16.0. The van der Waals surface area contributed by atoms with Crippen LogP contribution < -0.4 is 10.2 Å². The SMILES string of the molecule is CS(=O)(=O)c1ccc(N2CCN(C(=O)C[C@H]3COCCN3)CC2)c(F)c1. The van der Waals surface area contributed by atoms with E-state index in [1.807, 2.05) is 4.90 Å². The van der Waals surface area contributed by atoms with Gasteiger partial charge in [0.15, 0.2) is 9.84 Å². The van der Waals surface area contributed by atoms with Gasteiger partial charge in [-0.25, -0.2) is 12.8 Å². The number of carbonyl (C=O) groups excluding carboxylic acids is 1. The van der Waals surface area contributed by atoms with Crippen molar-refractivity contribution >= 4 is 21.4 Å². The average Bonchev–Trinajstić information content (AvgIpc) is 2.62. The first-order valence-corrected chi connectivity index (χ1v) is 10.6. The van der Waals surface area contributed by atoms with Crippen LogP contribution in [0.2, 0.25) is 0 Å². The Balaban J connectivity index is 1.57. The number of benzene rings is 1. The number of carbonyl (C=O) groups is 1. The first-order valence-electron chi connectivity index (χ1n) is 8.68. The average molecular weight is 385 g/mol. The minimum absolute atomic E-state index is 0.0326. The molecule has 9 heteroatoms. The molecule has 2 aliphatic rings. The van der Waals surface area contributed by atoms with Crippen molar-refractivity contribution in [3.8, 4) is 0 Å². The summed E-state index contributed by atoms with van der Waals surface area (Å²) in [5, 5.41) is 3.27. The third-order valence-corrected chi connectivity index (χ3v) is 5.85. The molecule has 1 N–H and O–H groups in total. The van der Waals surface area contributed by atoms with Crippen LogP contribution in [0.15, 0.2) is 23.1 Å². The van der Waals surface area contributed by atoms with E-state index in [0.29, 0.717) is 51.5 Å². The van der Waals surface area contributed by atoms with Crippen LogP contribution in [0.1, 0.15) is 6.42 Å². The summed E-state index contributed by atoms with van der Waals surface area (Å²) >= 11 is 0. The largest absolute Gasteiger partial charge is 0.378 e. The summed E-state index contributed by atoms with van der Waals surface area (Å²) < 4.78 is 42.7. The number of nitrogens with one attached hydrogen (secondary N) is 1. The zero-order valence-electron chi connectivity index (χ0n) is 14.8. The van der Waals surface area contributed by atoms with Crippen LogP contribution in [0.5, 0.6) is 0 Å². The van der Waals surface area contributed by atoms with E-state index >= 15 is 0 Å². The quantitative estimate of drug-likeness (QED) is 0.801. The zero-order chi connectivity index (χ0) is 18.7. The zero-order valence-corrected chi connectivity index (χ0v) is 15.6. The molecule has 0 aromatic heterocycles. The number of hydrogen-bond donors (Lipinski definition) is 1. The lowest BCUT2D eigenvalue weighted by Gasteiger charge is -2.37. The van der Waals surface area contributed by atoms with E-state index < -0.39 is 15.7 Å². The molecule has 0 saturated carbocycles. The molecule has 144 valence electrons. The number of hydrogen-bond acceptors (Lipinski definition) is 6. The van der Waals surface area contributed by atoms with Crippen LogP contribution in [0.25, 0.3) is 0 Å². The van der Waals surface area contributed by atoms with Gasteiger partial charge in [-0.05, 0) is 18.2 Å². The van der Waals surface area contributed by atoms with Crippen LogP contribution in [0.3, 0.4) is 0 Å². The van der Waals surface area contributed by atoms with E-state index in [9.17, 15) is 17.6 Å². The maximum atomic E-state index is 14.3. The van der Waals surface area contributed by atoms with E-state index in [-0.39, 0.29) is 16.8 Å². The fraction of sp³-hybridized carbons (Fsp3) is 0.588. The summed E-state index contributed by atoms with van der Waals surface area (Å²) in [6, 6.07) is 4.01. The first kappa shape index (κ1) is 19.1. The summed E-state index contributed by atoms with van der Waals surface area (Å²) in [6.45, 7) is 4.02. The van der Waals surface area contributed by atoms with Crippen molar-refractivity contribution in [3.05, 3.63) is 24.0 Å². The topological polar surface area (TPSA) is 79.0 Å². The summed E-state index contributed by atoms with van der Waals surface area (Å²) in [6.07, 6.45) is 1.45. The normalized spacial score (nSPS) is 21.7. The van der Waals surface area contributed by atoms with E-state index in [1.54, 1.807) is 4.90 Å². The van der Waals surface area contributed by atoms with Crippen LogP contribution in [-0.2, 0) is 19.4 Å². The second-order valence-corrected chi connectivity index (χ2v) is 8.70. The highest BCUT2D eigenvalue weighted by atomic mass is 32.2. The molecule has 7 nitrogen and oxygen atoms in total. The molecule has 1 amide bonds. The van der Waals surface area contributed by atoms with Gasteiger partial charge in [-0.2, -0.15) is 0 Å². The third kappa shape index (κ3) is 4.52. The molecule has 0 aliphatic carbocycles. The summed E-state index contributed by atoms with van der Waals surface area (Å²) in [5.74, 6) is -0.489. The maximum Gasteiger partial charge on any atom is 0.224 e. The van der Waals surface area contributed by atoms with Gasteiger partial charge < -0.3 is 19.9 Å². The van der Waals surface area contributed by atoms with Crippen LogP contribution in [0, 0.1) is 5.82 Å². The summed E-state index contributed by atoms with van der Waals surface area (Å²) in [7, 11) is -3.43. The van der Waals surface area contributed by atoms with Gasteiger partial charge in [-0.3, -0.25) is 4.79 Å². The van der Waals surface area contributed by atoms with E-state index in [1.165, 1.54) is 12.1 Å². The highest BCUT2D eigenvalue weighted by Crippen LogP contribution is 2.24. The van der Waals surface area contributed by atoms with Gasteiger partial charge in [0.1, 0.15) is 5.82 Å². The number of amides is 1. The first-order chi connectivity index (χ1) is 12.3. The van der Waals surface area contributed by atoms with Gasteiger partial charge in [0.25, 0.3) is 0 Å². The minimum Gasteiger partial charge on any atom is -0.378 e. The monoisotopic (exact) mass is 385 g/mol. The molecule has 0 radical (unpaired) electrons. The molecule has 2 heterocycles. The number of sulfone groups is 1. The van der Waals surface area contributed by atoms with E-state index in [2.05, 4.69) is 5.32 Å². The number of rotatable bonds is 4. The highest BCUT2D eigenvalue weighted by Gasteiger charge is 2.26. The lowest BCUT2D eigenvalue weighted by molar-refractivity contribution is -0.132. The van der Waals surface area contributed by atoms with Gasteiger partial charge in [0.05, 0.1) is 23.8 Å². The maximum absolute atomic E-state index is 14.3. The molecule has 26 heavy (non-hydrogen) atoms.